The minimum absolute atomic E-state index is 0.0415. The van der Waals surface area contributed by atoms with E-state index in [-0.39, 0.29) is 23.8 Å². The Morgan fingerprint density at radius 1 is 1.15 bits per heavy atom. The summed E-state index contributed by atoms with van der Waals surface area (Å²) < 4.78 is 0. The Balaban J connectivity index is 1.49. The fraction of sp³-hybridized carbons (Fsp3) is 0.440. The molecule has 174 valence electrons. The number of urea groups is 1. The Hall–Kier alpha value is -3.42. The van der Waals surface area contributed by atoms with Crippen molar-refractivity contribution >= 4 is 23.7 Å². The second-order valence-electron chi connectivity index (χ2n) is 9.40. The first-order chi connectivity index (χ1) is 15.6. The summed E-state index contributed by atoms with van der Waals surface area (Å²) in [5, 5.41) is 5.10. The summed E-state index contributed by atoms with van der Waals surface area (Å²) in [6.07, 6.45) is 1.88. The molecule has 0 spiro atoms. The lowest BCUT2D eigenvalue weighted by Crippen LogP contribution is -2.54. The summed E-state index contributed by atoms with van der Waals surface area (Å²) in [5.74, 6) is 0.408. The number of anilines is 1. The Morgan fingerprint density at radius 2 is 1.85 bits per heavy atom. The van der Waals surface area contributed by atoms with Crippen LogP contribution in [0.15, 0.2) is 36.5 Å². The lowest BCUT2D eigenvalue weighted by atomic mass is 9.79. The SMILES string of the molecule is Cc1cnc(N2CCN(C(=O)c3ccc([C@@]4(C(C)C)NC(=O)NC4=O)cc3)C[C@@H]2C)c(C)c1. The highest BCUT2D eigenvalue weighted by molar-refractivity contribution is 6.07. The molecule has 1 aromatic carbocycles. The Bertz CT molecular complexity index is 1100. The van der Waals surface area contributed by atoms with Crippen LogP contribution < -0.4 is 15.5 Å². The van der Waals surface area contributed by atoms with Gasteiger partial charge >= 0.3 is 6.03 Å². The molecule has 0 aliphatic carbocycles. The number of pyridine rings is 1. The largest absolute Gasteiger partial charge is 0.350 e. The van der Waals surface area contributed by atoms with Crippen LogP contribution in [0.25, 0.3) is 0 Å². The molecule has 8 heteroatoms. The number of piperazine rings is 1. The number of rotatable bonds is 4. The Morgan fingerprint density at radius 3 is 2.39 bits per heavy atom. The molecule has 0 unspecified atom stereocenters. The molecule has 2 atom stereocenters. The molecule has 2 saturated heterocycles. The predicted octanol–water partition coefficient (Wildman–Crippen LogP) is 2.74. The predicted molar refractivity (Wildman–Crippen MR) is 126 cm³/mol. The second-order valence-corrected chi connectivity index (χ2v) is 9.40. The van der Waals surface area contributed by atoms with Gasteiger partial charge in [-0.1, -0.05) is 32.0 Å². The monoisotopic (exact) mass is 449 g/mol. The molecule has 0 bridgehead atoms. The molecule has 3 heterocycles. The first-order valence-corrected chi connectivity index (χ1v) is 11.4. The molecule has 4 rings (SSSR count). The average Bonchev–Trinajstić information content (AvgIpc) is 3.08. The number of aromatic nitrogens is 1. The summed E-state index contributed by atoms with van der Waals surface area (Å²) in [7, 11) is 0. The fourth-order valence-corrected chi connectivity index (χ4v) is 4.94. The topological polar surface area (TPSA) is 94.6 Å². The van der Waals surface area contributed by atoms with Gasteiger partial charge in [-0.05, 0) is 55.5 Å². The molecule has 0 saturated carbocycles. The number of hydrogen-bond donors (Lipinski definition) is 2. The van der Waals surface area contributed by atoms with Gasteiger partial charge in [-0.15, -0.1) is 0 Å². The zero-order valence-electron chi connectivity index (χ0n) is 19.8. The van der Waals surface area contributed by atoms with E-state index in [1.807, 2.05) is 31.9 Å². The molecule has 2 N–H and O–H groups in total. The first-order valence-electron chi connectivity index (χ1n) is 11.4. The summed E-state index contributed by atoms with van der Waals surface area (Å²) in [6.45, 7) is 11.9. The van der Waals surface area contributed by atoms with Crippen LogP contribution in [-0.4, -0.2) is 53.4 Å². The summed E-state index contributed by atoms with van der Waals surface area (Å²) in [6, 6.07) is 8.77. The zero-order chi connectivity index (χ0) is 23.9. The van der Waals surface area contributed by atoms with Crippen LogP contribution in [0.1, 0.15) is 47.8 Å². The Kier molecular flexibility index (Phi) is 5.86. The maximum absolute atomic E-state index is 13.2. The minimum atomic E-state index is -1.13. The second kappa shape index (κ2) is 8.50. The number of carbonyl (C=O) groups excluding carboxylic acids is 3. The van der Waals surface area contributed by atoms with Crippen molar-refractivity contribution in [2.24, 2.45) is 5.92 Å². The van der Waals surface area contributed by atoms with E-state index in [1.54, 1.807) is 24.3 Å². The van der Waals surface area contributed by atoms with Crippen LogP contribution in [0.5, 0.6) is 0 Å². The maximum Gasteiger partial charge on any atom is 0.322 e. The standard InChI is InChI=1S/C25H31N5O3/c1-15(2)25(23(32)27-24(33)28-25)20-8-6-19(7-9-20)22(31)29-10-11-30(18(5)14-29)21-17(4)12-16(3)13-26-21/h6-9,12-13,15,18H,10-11,14H2,1-5H3,(H2,27,28,32,33)/t18-,25+/m0/s1. The van der Waals surface area contributed by atoms with E-state index in [4.69, 9.17) is 0 Å². The summed E-state index contributed by atoms with van der Waals surface area (Å²) in [5.41, 5.74) is 2.37. The molecule has 2 fully saturated rings. The van der Waals surface area contributed by atoms with Gasteiger partial charge in [0.1, 0.15) is 11.4 Å². The lowest BCUT2D eigenvalue weighted by molar-refractivity contribution is -0.125. The fourth-order valence-electron chi connectivity index (χ4n) is 4.94. The summed E-state index contributed by atoms with van der Waals surface area (Å²) >= 11 is 0. The van der Waals surface area contributed by atoms with Crippen molar-refractivity contribution in [2.75, 3.05) is 24.5 Å². The van der Waals surface area contributed by atoms with E-state index >= 15 is 0 Å². The summed E-state index contributed by atoms with van der Waals surface area (Å²) in [4.78, 5) is 46.3. The van der Waals surface area contributed by atoms with Gasteiger partial charge in [0.15, 0.2) is 0 Å². The van der Waals surface area contributed by atoms with Crippen molar-refractivity contribution in [2.45, 2.75) is 46.2 Å². The molecule has 2 aliphatic rings. The molecule has 2 aromatic rings. The molecule has 1 aromatic heterocycles. The van der Waals surface area contributed by atoms with Gasteiger partial charge in [0.2, 0.25) is 0 Å². The van der Waals surface area contributed by atoms with E-state index in [2.05, 4.69) is 40.4 Å². The van der Waals surface area contributed by atoms with Crippen molar-refractivity contribution in [1.29, 1.82) is 0 Å². The number of aryl methyl sites for hydroxylation is 2. The number of carbonyl (C=O) groups is 3. The van der Waals surface area contributed by atoms with Crippen molar-refractivity contribution in [1.82, 2.24) is 20.5 Å². The van der Waals surface area contributed by atoms with Crippen molar-refractivity contribution < 1.29 is 14.4 Å². The van der Waals surface area contributed by atoms with Crippen LogP contribution in [0.3, 0.4) is 0 Å². The third-order valence-electron chi connectivity index (χ3n) is 6.72. The number of hydrogen-bond acceptors (Lipinski definition) is 5. The molecule has 8 nitrogen and oxygen atoms in total. The number of amides is 4. The molecular weight excluding hydrogens is 418 g/mol. The van der Waals surface area contributed by atoms with E-state index < -0.39 is 11.6 Å². The smallest absolute Gasteiger partial charge is 0.322 e. The first kappa shape index (κ1) is 22.8. The molecule has 33 heavy (non-hydrogen) atoms. The minimum Gasteiger partial charge on any atom is -0.350 e. The maximum atomic E-state index is 13.2. The van der Waals surface area contributed by atoms with E-state index in [9.17, 15) is 14.4 Å². The lowest BCUT2D eigenvalue weighted by Gasteiger charge is -2.41. The molecule has 2 aliphatic heterocycles. The normalized spacial score (nSPS) is 23.0. The number of nitrogens with zero attached hydrogens (tertiary/aromatic N) is 3. The Labute approximate surface area is 194 Å². The zero-order valence-corrected chi connectivity index (χ0v) is 19.8. The molecule has 0 radical (unpaired) electrons. The van der Waals surface area contributed by atoms with Crippen LogP contribution in [-0.2, 0) is 10.3 Å². The third kappa shape index (κ3) is 3.94. The van der Waals surface area contributed by atoms with Crippen molar-refractivity contribution in [3.05, 3.63) is 58.8 Å². The van der Waals surface area contributed by atoms with Gasteiger partial charge in [-0.3, -0.25) is 14.9 Å². The van der Waals surface area contributed by atoms with Gasteiger partial charge in [-0.25, -0.2) is 9.78 Å². The van der Waals surface area contributed by atoms with E-state index in [1.165, 1.54) is 0 Å². The van der Waals surface area contributed by atoms with Crippen LogP contribution in [0.2, 0.25) is 0 Å². The number of imide groups is 1. The van der Waals surface area contributed by atoms with E-state index in [0.29, 0.717) is 30.8 Å². The third-order valence-corrected chi connectivity index (χ3v) is 6.72. The van der Waals surface area contributed by atoms with Crippen molar-refractivity contribution in [3.8, 4) is 0 Å². The number of benzene rings is 1. The van der Waals surface area contributed by atoms with Crippen LogP contribution >= 0.6 is 0 Å². The van der Waals surface area contributed by atoms with Gasteiger partial charge < -0.3 is 15.1 Å². The van der Waals surface area contributed by atoms with Gasteiger partial charge in [-0.2, -0.15) is 0 Å². The van der Waals surface area contributed by atoms with Crippen LogP contribution in [0.4, 0.5) is 10.6 Å². The van der Waals surface area contributed by atoms with Crippen LogP contribution in [0, 0.1) is 19.8 Å². The van der Waals surface area contributed by atoms with E-state index in [0.717, 1.165) is 16.9 Å². The van der Waals surface area contributed by atoms with Gasteiger partial charge in [0.25, 0.3) is 11.8 Å². The highest BCUT2D eigenvalue weighted by Crippen LogP contribution is 2.33. The molecule has 4 amide bonds. The highest BCUT2D eigenvalue weighted by atomic mass is 16.2. The van der Waals surface area contributed by atoms with Crippen molar-refractivity contribution in [3.63, 3.8) is 0 Å². The average molecular weight is 450 g/mol. The highest BCUT2D eigenvalue weighted by Gasteiger charge is 2.50. The quantitative estimate of drug-likeness (QED) is 0.700. The number of nitrogens with one attached hydrogen (secondary N) is 2. The van der Waals surface area contributed by atoms with Gasteiger partial charge in [0, 0.05) is 37.4 Å². The van der Waals surface area contributed by atoms with Gasteiger partial charge in [0.05, 0.1) is 0 Å². The molecular formula is C25H31N5O3.